The molecular formula is C22H17ClN2O3S. The molecule has 146 valence electrons. The van der Waals surface area contributed by atoms with Gasteiger partial charge in [0.1, 0.15) is 5.15 Å². The van der Waals surface area contributed by atoms with Crippen LogP contribution in [0.1, 0.15) is 22.0 Å². The van der Waals surface area contributed by atoms with E-state index in [1.165, 1.54) is 18.3 Å². The molecule has 1 aliphatic heterocycles. The summed E-state index contributed by atoms with van der Waals surface area (Å²) in [7, 11) is 0. The van der Waals surface area contributed by atoms with Crippen molar-refractivity contribution in [3.63, 3.8) is 0 Å². The first-order chi connectivity index (χ1) is 14.1. The van der Waals surface area contributed by atoms with Gasteiger partial charge in [0.25, 0.3) is 5.91 Å². The fourth-order valence-electron chi connectivity index (χ4n) is 3.19. The summed E-state index contributed by atoms with van der Waals surface area (Å²) in [5, 5.41) is 0.283. The van der Waals surface area contributed by atoms with Crippen molar-refractivity contribution < 1.29 is 14.3 Å². The minimum Gasteiger partial charge on any atom is -0.452 e. The van der Waals surface area contributed by atoms with Crippen molar-refractivity contribution in [2.75, 3.05) is 17.3 Å². The summed E-state index contributed by atoms with van der Waals surface area (Å²) in [6, 6.07) is 20.5. The van der Waals surface area contributed by atoms with Gasteiger partial charge in [0.05, 0.1) is 17.3 Å². The number of rotatable bonds is 4. The molecule has 2 aromatic carbocycles. The zero-order chi connectivity index (χ0) is 20.2. The highest BCUT2D eigenvalue weighted by atomic mass is 35.5. The van der Waals surface area contributed by atoms with Crippen LogP contribution >= 0.6 is 23.4 Å². The number of carbonyl (C=O) groups is 2. The zero-order valence-corrected chi connectivity index (χ0v) is 16.9. The molecule has 0 bridgehead atoms. The Kier molecular flexibility index (Phi) is 5.83. The first kappa shape index (κ1) is 19.5. The summed E-state index contributed by atoms with van der Waals surface area (Å²) in [4.78, 5) is 32.0. The fraction of sp³-hybridized carbons (Fsp3) is 0.136. The standard InChI is InChI=1S/C22H17ClN2O3S/c23-20-11-10-16(12-24-20)22(27)28-13-21(26)25-17-8-4-5-9-19(17)29-14-18(25)15-6-2-1-3-7-15/h1-12,18H,13-14H2/t18-/m0/s1. The molecule has 29 heavy (non-hydrogen) atoms. The topological polar surface area (TPSA) is 59.5 Å². The Morgan fingerprint density at radius 3 is 2.59 bits per heavy atom. The predicted molar refractivity (Wildman–Crippen MR) is 113 cm³/mol. The van der Waals surface area contributed by atoms with Crippen molar-refractivity contribution in [1.82, 2.24) is 4.98 Å². The number of carbonyl (C=O) groups excluding carboxylic acids is 2. The number of para-hydroxylation sites is 1. The van der Waals surface area contributed by atoms with Gasteiger partial charge in [-0.25, -0.2) is 9.78 Å². The minimum absolute atomic E-state index is 0.139. The highest BCUT2D eigenvalue weighted by Crippen LogP contribution is 2.43. The average molecular weight is 425 g/mol. The lowest BCUT2D eigenvalue weighted by molar-refractivity contribution is -0.122. The first-order valence-corrected chi connectivity index (χ1v) is 10.4. The monoisotopic (exact) mass is 424 g/mol. The number of esters is 1. The van der Waals surface area contributed by atoms with Gasteiger partial charge in [0.2, 0.25) is 0 Å². The Morgan fingerprint density at radius 1 is 1.07 bits per heavy atom. The number of ether oxygens (including phenoxy) is 1. The molecule has 0 radical (unpaired) electrons. The number of benzene rings is 2. The van der Waals surface area contributed by atoms with Crippen LogP contribution in [0.4, 0.5) is 5.69 Å². The van der Waals surface area contributed by atoms with Gasteiger partial charge in [-0.2, -0.15) is 0 Å². The average Bonchev–Trinajstić information content (AvgIpc) is 2.77. The fourth-order valence-corrected chi connectivity index (χ4v) is 4.47. The van der Waals surface area contributed by atoms with Crippen molar-refractivity contribution in [3.8, 4) is 0 Å². The van der Waals surface area contributed by atoms with Crippen LogP contribution in [-0.2, 0) is 9.53 Å². The van der Waals surface area contributed by atoms with Crippen LogP contribution in [0.15, 0.2) is 77.8 Å². The molecule has 0 saturated heterocycles. The number of anilines is 1. The van der Waals surface area contributed by atoms with E-state index in [9.17, 15) is 9.59 Å². The number of halogens is 1. The Labute approximate surface area is 177 Å². The van der Waals surface area contributed by atoms with Gasteiger partial charge in [0, 0.05) is 16.8 Å². The molecule has 0 saturated carbocycles. The predicted octanol–water partition coefficient (Wildman–Crippen LogP) is 4.77. The van der Waals surface area contributed by atoms with E-state index >= 15 is 0 Å². The van der Waals surface area contributed by atoms with Crippen molar-refractivity contribution in [1.29, 1.82) is 0 Å². The first-order valence-electron chi connectivity index (χ1n) is 9.01. The van der Waals surface area contributed by atoms with E-state index in [0.29, 0.717) is 0 Å². The van der Waals surface area contributed by atoms with Gasteiger partial charge in [0.15, 0.2) is 6.61 Å². The number of fused-ring (bicyclic) bond motifs is 1. The number of nitrogens with zero attached hydrogens (tertiary/aromatic N) is 2. The second kappa shape index (κ2) is 8.68. The van der Waals surface area contributed by atoms with Crippen LogP contribution < -0.4 is 4.90 Å². The van der Waals surface area contributed by atoms with E-state index in [-0.39, 0.29) is 29.3 Å². The maximum absolute atomic E-state index is 13.1. The molecular weight excluding hydrogens is 408 g/mol. The molecule has 7 heteroatoms. The lowest BCUT2D eigenvalue weighted by Gasteiger charge is -2.37. The molecule has 1 atom stereocenters. The summed E-state index contributed by atoms with van der Waals surface area (Å²) in [6.45, 7) is -0.357. The molecule has 3 aromatic rings. The number of hydrogen-bond donors (Lipinski definition) is 0. The maximum Gasteiger partial charge on any atom is 0.340 e. The Bertz CT molecular complexity index is 1030. The van der Waals surface area contributed by atoms with Gasteiger partial charge in [-0.15, -0.1) is 11.8 Å². The van der Waals surface area contributed by atoms with Crippen LogP contribution in [0.2, 0.25) is 5.15 Å². The second-order valence-electron chi connectivity index (χ2n) is 6.41. The highest BCUT2D eigenvalue weighted by molar-refractivity contribution is 7.99. The number of thioether (sulfide) groups is 1. The quantitative estimate of drug-likeness (QED) is 0.446. The molecule has 0 fully saturated rings. The van der Waals surface area contributed by atoms with Crippen LogP contribution in [0.3, 0.4) is 0 Å². The molecule has 4 rings (SSSR count). The van der Waals surface area contributed by atoms with Crippen LogP contribution in [0, 0.1) is 0 Å². The third kappa shape index (κ3) is 4.28. The van der Waals surface area contributed by atoms with E-state index in [0.717, 1.165) is 21.9 Å². The molecule has 1 amide bonds. The summed E-state index contributed by atoms with van der Waals surface area (Å²) < 4.78 is 5.26. The van der Waals surface area contributed by atoms with Gasteiger partial charge in [-0.1, -0.05) is 54.1 Å². The molecule has 0 unspecified atom stereocenters. The van der Waals surface area contributed by atoms with E-state index in [1.807, 2.05) is 54.6 Å². The van der Waals surface area contributed by atoms with Crippen molar-refractivity contribution in [2.45, 2.75) is 10.9 Å². The smallest absolute Gasteiger partial charge is 0.340 e. The third-order valence-corrected chi connectivity index (χ3v) is 5.94. The molecule has 0 aliphatic carbocycles. The van der Waals surface area contributed by atoms with Gasteiger partial charge >= 0.3 is 5.97 Å². The zero-order valence-electron chi connectivity index (χ0n) is 15.3. The molecule has 1 aromatic heterocycles. The van der Waals surface area contributed by atoms with E-state index < -0.39 is 5.97 Å². The molecule has 2 heterocycles. The third-order valence-electron chi connectivity index (χ3n) is 4.58. The summed E-state index contributed by atoms with van der Waals surface area (Å²) in [5.41, 5.74) is 2.11. The van der Waals surface area contributed by atoms with E-state index in [1.54, 1.807) is 16.7 Å². The minimum atomic E-state index is -0.613. The SMILES string of the molecule is O=C(OCC(=O)N1c2ccccc2SC[C@H]1c1ccccc1)c1ccc(Cl)nc1. The summed E-state index contributed by atoms with van der Waals surface area (Å²) in [5.74, 6) is -0.165. The summed E-state index contributed by atoms with van der Waals surface area (Å²) >= 11 is 7.45. The largest absolute Gasteiger partial charge is 0.452 e. The Balaban J connectivity index is 1.56. The second-order valence-corrected chi connectivity index (χ2v) is 7.86. The van der Waals surface area contributed by atoms with Crippen molar-refractivity contribution in [3.05, 3.63) is 89.2 Å². The summed E-state index contributed by atoms with van der Waals surface area (Å²) in [6.07, 6.45) is 1.33. The Hall–Kier alpha value is -2.83. The number of aromatic nitrogens is 1. The van der Waals surface area contributed by atoms with Crippen LogP contribution in [0.25, 0.3) is 0 Å². The number of pyridine rings is 1. The van der Waals surface area contributed by atoms with Crippen LogP contribution in [-0.4, -0.2) is 29.2 Å². The van der Waals surface area contributed by atoms with Crippen LogP contribution in [0.5, 0.6) is 0 Å². The van der Waals surface area contributed by atoms with Crippen molar-refractivity contribution >= 4 is 40.9 Å². The van der Waals surface area contributed by atoms with E-state index in [2.05, 4.69) is 4.98 Å². The molecule has 1 aliphatic rings. The number of hydrogen-bond acceptors (Lipinski definition) is 5. The van der Waals surface area contributed by atoms with Gasteiger partial charge in [-0.3, -0.25) is 9.69 Å². The van der Waals surface area contributed by atoms with Gasteiger partial charge < -0.3 is 4.74 Å². The van der Waals surface area contributed by atoms with E-state index in [4.69, 9.17) is 16.3 Å². The van der Waals surface area contributed by atoms with Crippen molar-refractivity contribution in [2.24, 2.45) is 0 Å². The molecule has 0 spiro atoms. The lowest BCUT2D eigenvalue weighted by atomic mass is 10.1. The Morgan fingerprint density at radius 2 is 1.83 bits per heavy atom. The normalized spacial score (nSPS) is 15.5. The highest BCUT2D eigenvalue weighted by Gasteiger charge is 2.32. The van der Waals surface area contributed by atoms with Gasteiger partial charge in [-0.05, 0) is 29.8 Å². The lowest BCUT2D eigenvalue weighted by Crippen LogP contribution is -2.41. The molecule has 0 N–H and O–H groups in total. The number of amides is 1. The maximum atomic E-state index is 13.1. The molecule has 5 nitrogen and oxygen atoms in total.